The minimum Gasteiger partial charge on any atom is -0.457 e. The lowest BCUT2D eigenvalue weighted by molar-refractivity contribution is -0.121. The van der Waals surface area contributed by atoms with Gasteiger partial charge in [-0.1, -0.05) is 30.3 Å². The molecule has 0 bridgehead atoms. The van der Waals surface area contributed by atoms with E-state index in [9.17, 15) is 4.79 Å². The molecular weight excluding hydrogens is 503 g/mol. The molecule has 0 saturated carbocycles. The van der Waals surface area contributed by atoms with E-state index in [1.54, 1.807) is 7.05 Å². The van der Waals surface area contributed by atoms with Crippen LogP contribution in [0.15, 0.2) is 59.6 Å². The smallest absolute Gasteiger partial charge is 0.220 e. The Bertz CT molecular complexity index is 819. The molecule has 7 heteroatoms. The maximum atomic E-state index is 11.6. The van der Waals surface area contributed by atoms with Crippen molar-refractivity contribution in [2.24, 2.45) is 10.9 Å². The van der Waals surface area contributed by atoms with Gasteiger partial charge in [0, 0.05) is 33.1 Å². The number of likely N-dealkylation sites (tertiary alicyclic amines) is 1. The van der Waals surface area contributed by atoms with Crippen molar-refractivity contribution in [2.75, 3.05) is 26.7 Å². The summed E-state index contributed by atoms with van der Waals surface area (Å²) in [6.07, 6.45) is 2.65. The van der Waals surface area contributed by atoms with Crippen LogP contribution in [0.3, 0.4) is 0 Å². The van der Waals surface area contributed by atoms with Gasteiger partial charge in [0.1, 0.15) is 11.5 Å². The van der Waals surface area contributed by atoms with E-state index in [1.165, 1.54) is 0 Å². The molecule has 6 nitrogen and oxygen atoms in total. The summed E-state index contributed by atoms with van der Waals surface area (Å²) in [4.78, 5) is 18.8. The van der Waals surface area contributed by atoms with E-state index in [1.807, 2.05) is 42.5 Å². The molecule has 0 atom stereocenters. The number of rotatable bonds is 7. The number of nitrogens with zero attached hydrogens (tertiary/aromatic N) is 2. The average molecular weight is 536 g/mol. The highest BCUT2D eigenvalue weighted by molar-refractivity contribution is 14.0. The van der Waals surface area contributed by atoms with Gasteiger partial charge in [0.2, 0.25) is 5.91 Å². The molecule has 0 radical (unpaired) electrons. The SMILES string of the molecule is CCNC(=NCc1ccc(Oc2ccccc2)cc1)N1CCC(CC(=O)NC)CC1.I. The number of hydrogen-bond donors (Lipinski definition) is 2. The van der Waals surface area contributed by atoms with Crippen LogP contribution in [0.1, 0.15) is 31.7 Å². The number of ether oxygens (including phenoxy) is 1. The Morgan fingerprint density at radius 2 is 1.71 bits per heavy atom. The lowest BCUT2D eigenvalue weighted by Gasteiger charge is -2.34. The van der Waals surface area contributed by atoms with Gasteiger partial charge in [-0.2, -0.15) is 0 Å². The normalized spacial score (nSPS) is 14.5. The van der Waals surface area contributed by atoms with Crippen LogP contribution in [0.25, 0.3) is 0 Å². The first-order valence-corrected chi connectivity index (χ1v) is 10.7. The summed E-state index contributed by atoms with van der Waals surface area (Å²) in [6.45, 7) is 5.39. The molecule has 0 aromatic heterocycles. The van der Waals surface area contributed by atoms with Crippen molar-refractivity contribution < 1.29 is 9.53 Å². The van der Waals surface area contributed by atoms with Gasteiger partial charge in [0.15, 0.2) is 5.96 Å². The number of halogens is 1. The van der Waals surface area contributed by atoms with Crippen molar-refractivity contribution >= 4 is 35.8 Å². The molecule has 1 amide bonds. The largest absolute Gasteiger partial charge is 0.457 e. The molecule has 1 fully saturated rings. The fourth-order valence-corrected chi connectivity index (χ4v) is 3.59. The van der Waals surface area contributed by atoms with E-state index in [-0.39, 0.29) is 29.9 Å². The van der Waals surface area contributed by atoms with Crippen molar-refractivity contribution in [1.82, 2.24) is 15.5 Å². The lowest BCUT2D eigenvalue weighted by atomic mass is 9.93. The second-order valence-corrected chi connectivity index (χ2v) is 7.54. The summed E-state index contributed by atoms with van der Waals surface area (Å²) in [5.74, 6) is 3.19. The minimum absolute atomic E-state index is 0. The topological polar surface area (TPSA) is 66.0 Å². The fourth-order valence-electron chi connectivity index (χ4n) is 3.59. The molecule has 3 rings (SSSR count). The molecule has 1 aliphatic rings. The van der Waals surface area contributed by atoms with Gasteiger partial charge >= 0.3 is 0 Å². The monoisotopic (exact) mass is 536 g/mol. The Kier molecular flexibility index (Phi) is 10.6. The Labute approximate surface area is 202 Å². The summed E-state index contributed by atoms with van der Waals surface area (Å²) in [5, 5.41) is 6.13. The maximum absolute atomic E-state index is 11.6. The van der Waals surface area contributed by atoms with Crippen molar-refractivity contribution in [3.8, 4) is 11.5 Å². The summed E-state index contributed by atoms with van der Waals surface area (Å²) in [7, 11) is 1.70. The standard InChI is InChI=1S/C24H32N4O2.HI/c1-3-26-24(28-15-13-19(14-16-28)17-23(29)25-2)27-18-20-9-11-22(12-10-20)30-21-7-5-4-6-8-21;/h4-12,19H,3,13-18H2,1-2H3,(H,25,29)(H,26,27);1H. The zero-order valence-electron chi connectivity index (χ0n) is 18.3. The molecule has 0 spiro atoms. The summed E-state index contributed by atoms with van der Waals surface area (Å²) >= 11 is 0. The summed E-state index contributed by atoms with van der Waals surface area (Å²) in [5.41, 5.74) is 1.14. The number of amides is 1. The van der Waals surface area contributed by atoms with Crippen LogP contribution in [0, 0.1) is 5.92 Å². The van der Waals surface area contributed by atoms with Crippen LogP contribution >= 0.6 is 24.0 Å². The van der Waals surface area contributed by atoms with Crippen molar-refractivity contribution in [1.29, 1.82) is 0 Å². The minimum atomic E-state index is 0. The molecule has 31 heavy (non-hydrogen) atoms. The van der Waals surface area contributed by atoms with Gasteiger partial charge in [-0.25, -0.2) is 4.99 Å². The molecule has 2 aromatic carbocycles. The van der Waals surface area contributed by atoms with Crippen LogP contribution in [-0.4, -0.2) is 43.4 Å². The zero-order chi connectivity index (χ0) is 21.2. The molecule has 2 N–H and O–H groups in total. The van der Waals surface area contributed by atoms with E-state index in [0.717, 1.165) is 55.5 Å². The third kappa shape index (κ3) is 8.05. The second-order valence-electron chi connectivity index (χ2n) is 7.54. The Morgan fingerprint density at radius 3 is 2.32 bits per heavy atom. The first-order valence-electron chi connectivity index (χ1n) is 10.7. The quantitative estimate of drug-likeness (QED) is 0.313. The summed E-state index contributed by atoms with van der Waals surface area (Å²) < 4.78 is 5.85. The van der Waals surface area contributed by atoms with E-state index in [4.69, 9.17) is 9.73 Å². The predicted molar refractivity (Wildman–Crippen MR) is 136 cm³/mol. The fraction of sp³-hybridized carbons (Fsp3) is 0.417. The number of carbonyl (C=O) groups is 1. The molecular formula is C24H33IN4O2. The number of hydrogen-bond acceptors (Lipinski definition) is 3. The average Bonchev–Trinajstić information content (AvgIpc) is 2.79. The number of nitrogens with one attached hydrogen (secondary N) is 2. The number of benzene rings is 2. The van der Waals surface area contributed by atoms with Crippen LogP contribution < -0.4 is 15.4 Å². The highest BCUT2D eigenvalue weighted by Gasteiger charge is 2.23. The molecule has 0 aliphatic carbocycles. The van der Waals surface area contributed by atoms with Gasteiger partial charge in [0.25, 0.3) is 0 Å². The third-order valence-corrected chi connectivity index (χ3v) is 5.32. The van der Waals surface area contributed by atoms with Crippen molar-refractivity contribution in [3.63, 3.8) is 0 Å². The van der Waals surface area contributed by atoms with Gasteiger partial charge in [-0.15, -0.1) is 24.0 Å². The number of piperidine rings is 1. The van der Waals surface area contributed by atoms with Crippen LogP contribution in [0.2, 0.25) is 0 Å². The predicted octanol–water partition coefficient (Wildman–Crippen LogP) is 4.41. The van der Waals surface area contributed by atoms with Gasteiger partial charge in [-0.3, -0.25) is 4.79 Å². The van der Waals surface area contributed by atoms with Crippen molar-refractivity contribution in [3.05, 3.63) is 60.2 Å². The highest BCUT2D eigenvalue weighted by atomic mass is 127. The van der Waals surface area contributed by atoms with E-state index >= 15 is 0 Å². The van der Waals surface area contributed by atoms with Gasteiger partial charge < -0.3 is 20.3 Å². The maximum Gasteiger partial charge on any atom is 0.220 e. The van der Waals surface area contributed by atoms with E-state index in [2.05, 4.69) is 34.6 Å². The highest BCUT2D eigenvalue weighted by Crippen LogP contribution is 2.22. The molecule has 2 aromatic rings. The molecule has 1 saturated heterocycles. The summed E-state index contributed by atoms with van der Waals surface area (Å²) in [6, 6.07) is 17.9. The third-order valence-electron chi connectivity index (χ3n) is 5.32. The number of carbonyl (C=O) groups excluding carboxylic acids is 1. The van der Waals surface area contributed by atoms with Crippen LogP contribution in [0.4, 0.5) is 0 Å². The zero-order valence-corrected chi connectivity index (χ0v) is 20.7. The van der Waals surface area contributed by atoms with Gasteiger partial charge in [0.05, 0.1) is 6.54 Å². The Hall–Kier alpha value is -2.29. The number of aliphatic imine (C=N–C) groups is 1. The second kappa shape index (κ2) is 13.2. The van der Waals surface area contributed by atoms with Crippen molar-refractivity contribution in [2.45, 2.75) is 32.7 Å². The Morgan fingerprint density at radius 1 is 1.06 bits per heavy atom. The van der Waals surface area contributed by atoms with Crippen LogP contribution in [0.5, 0.6) is 11.5 Å². The van der Waals surface area contributed by atoms with E-state index < -0.39 is 0 Å². The number of guanidine groups is 1. The molecule has 168 valence electrons. The first-order chi connectivity index (χ1) is 14.7. The lowest BCUT2D eigenvalue weighted by Crippen LogP contribution is -2.46. The Balaban J connectivity index is 0.00000341. The molecule has 1 heterocycles. The van der Waals surface area contributed by atoms with Crippen LogP contribution in [-0.2, 0) is 11.3 Å². The molecule has 0 unspecified atom stereocenters. The molecule has 1 aliphatic heterocycles. The first kappa shape index (κ1) is 25.0. The number of para-hydroxylation sites is 1. The van der Waals surface area contributed by atoms with Gasteiger partial charge in [-0.05, 0) is 55.5 Å². The van der Waals surface area contributed by atoms with E-state index in [0.29, 0.717) is 18.9 Å².